The van der Waals surface area contributed by atoms with Crippen molar-refractivity contribution < 1.29 is 4.74 Å². The van der Waals surface area contributed by atoms with Crippen LogP contribution in [-0.4, -0.2) is 34.6 Å². The summed E-state index contributed by atoms with van der Waals surface area (Å²) in [6, 6.07) is 3.68. The van der Waals surface area contributed by atoms with Crippen molar-refractivity contribution in [2.24, 2.45) is 0 Å². The molecule has 0 aromatic carbocycles. The molecule has 106 valence electrons. The lowest BCUT2D eigenvalue weighted by molar-refractivity contribution is -0.0351. The van der Waals surface area contributed by atoms with E-state index in [4.69, 9.17) is 4.74 Å². The van der Waals surface area contributed by atoms with Gasteiger partial charge in [-0.3, -0.25) is 9.69 Å². The molecule has 1 atom stereocenters. The lowest BCUT2D eigenvalue weighted by Crippen LogP contribution is -2.38. The molecule has 1 fully saturated rings. The number of nitrogens with one attached hydrogen (secondary N) is 1. The number of H-pyrrole nitrogens is 1. The highest BCUT2D eigenvalue weighted by Gasteiger charge is 2.23. The Balaban J connectivity index is 1.72. The summed E-state index contributed by atoms with van der Waals surface area (Å²) in [5.41, 5.74) is 1.93. The molecule has 1 aliphatic heterocycles. The molecular weight excluding hydrogens is 274 g/mol. The number of hydrogen-bond donors (Lipinski definition) is 1. The van der Waals surface area contributed by atoms with Crippen LogP contribution in [0.1, 0.15) is 23.2 Å². The third-order valence-corrected chi connectivity index (χ3v) is 4.08. The molecule has 2 aromatic rings. The predicted molar refractivity (Wildman–Crippen MR) is 77.9 cm³/mol. The molecule has 3 rings (SSSR count). The van der Waals surface area contributed by atoms with Gasteiger partial charge in [0.05, 0.1) is 12.3 Å². The lowest BCUT2D eigenvalue weighted by Gasteiger charge is -2.32. The summed E-state index contributed by atoms with van der Waals surface area (Å²) >= 11 is 1.71. The Kier molecular flexibility index (Phi) is 3.95. The summed E-state index contributed by atoms with van der Waals surface area (Å²) in [5.74, 6) is 0.631. The summed E-state index contributed by atoms with van der Waals surface area (Å²) in [7, 11) is 0. The van der Waals surface area contributed by atoms with Crippen molar-refractivity contribution in [3.63, 3.8) is 0 Å². The van der Waals surface area contributed by atoms with Gasteiger partial charge in [0, 0.05) is 25.7 Å². The van der Waals surface area contributed by atoms with Gasteiger partial charge in [0.15, 0.2) is 0 Å². The van der Waals surface area contributed by atoms with Crippen molar-refractivity contribution in [1.29, 1.82) is 0 Å². The number of rotatable bonds is 3. The van der Waals surface area contributed by atoms with Crippen molar-refractivity contribution >= 4 is 11.3 Å². The zero-order valence-electron chi connectivity index (χ0n) is 11.3. The zero-order chi connectivity index (χ0) is 13.9. The minimum atomic E-state index is -0.122. The fourth-order valence-electron chi connectivity index (χ4n) is 2.43. The SMILES string of the molecule is Cc1nc([C@@H]2CN(Cc3ccsc3)CCO2)cc(=O)[nH]1. The minimum absolute atomic E-state index is 0.119. The summed E-state index contributed by atoms with van der Waals surface area (Å²) in [4.78, 5) is 20.9. The van der Waals surface area contributed by atoms with Crippen molar-refractivity contribution in [2.75, 3.05) is 19.7 Å². The van der Waals surface area contributed by atoms with Crippen LogP contribution < -0.4 is 5.56 Å². The van der Waals surface area contributed by atoms with Gasteiger partial charge in [0.1, 0.15) is 11.9 Å². The van der Waals surface area contributed by atoms with Gasteiger partial charge in [-0.25, -0.2) is 4.98 Å². The number of thiophene rings is 1. The zero-order valence-corrected chi connectivity index (χ0v) is 12.2. The lowest BCUT2D eigenvalue weighted by atomic mass is 10.2. The molecule has 0 spiro atoms. The van der Waals surface area contributed by atoms with Gasteiger partial charge in [-0.15, -0.1) is 0 Å². The Morgan fingerprint density at radius 1 is 1.60 bits per heavy atom. The number of aromatic nitrogens is 2. The maximum absolute atomic E-state index is 11.5. The van der Waals surface area contributed by atoms with E-state index in [1.54, 1.807) is 18.3 Å². The number of aryl methyl sites for hydroxylation is 1. The van der Waals surface area contributed by atoms with E-state index in [2.05, 4.69) is 31.7 Å². The molecule has 5 nitrogen and oxygen atoms in total. The first-order chi connectivity index (χ1) is 9.70. The highest BCUT2D eigenvalue weighted by Crippen LogP contribution is 2.21. The molecule has 6 heteroatoms. The molecule has 2 aromatic heterocycles. The van der Waals surface area contributed by atoms with Gasteiger partial charge in [0.2, 0.25) is 0 Å². The fraction of sp³-hybridized carbons (Fsp3) is 0.429. The Labute approximate surface area is 121 Å². The van der Waals surface area contributed by atoms with Crippen molar-refractivity contribution in [3.8, 4) is 0 Å². The van der Waals surface area contributed by atoms with Crippen molar-refractivity contribution in [2.45, 2.75) is 19.6 Å². The van der Waals surface area contributed by atoms with Crippen molar-refractivity contribution in [1.82, 2.24) is 14.9 Å². The summed E-state index contributed by atoms with van der Waals surface area (Å²) < 4.78 is 5.77. The van der Waals surface area contributed by atoms with Crippen LogP contribution in [0.3, 0.4) is 0 Å². The molecule has 3 heterocycles. The molecular formula is C14H17N3O2S. The highest BCUT2D eigenvalue weighted by atomic mass is 32.1. The molecule has 0 amide bonds. The maximum Gasteiger partial charge on any atom is 0.251 e. The molecule has 0 unspecified atom stereocenters. The Hall–Kier alpha value is -1.50. The second-order valence-electron chi connectivity index (χ2n) is 4.98. The van der Waals surface area contributed by atoms with E-state index >= 15 is 0 Å². The molecule has 20 heavy (non-hydrogen) atoms. The fourth-order valence-corrected chi connectivity index (χ4v) is 3.09. The second kappa shape index (κ2) is 5.87. The van der Waals surface area contributed by atoms with Crippen LogP contribution in [0, 0.1) is 6.92 Å². The Morgan fingerprint density at radius 2 is 2.50 bits per heavy atom. The van der Waals surface area contributed by atoms with E-state index in [0.29, 0.717) is 12.4 Å². The van der Waals surface area contributed by atoms with Crippen LogP contribution in [0.2, 0.25) is 0 Å². The number of hydrogen-bond acceptors (Lipinski definition) is 5. The van der Waals surface area contributed by atoms with Gasteiger partial charge in [-0.1, -0.05) is 0 Å². The van der Waals surface area contributed by atoms with Crippen LogP contribution in [0.4, 0.5) is 0 Å². The van der Waals surface area contributed by atoms with E-state index in [1.807, 2.05) is 0 Å². The molecule has 1 N–H and O–H groups in total. The quantitative estimate of drug-likeness (QED) is 0.935. The second-order valence-corrected chi connectivity index (χ2v) is 5.76. The first kappa shape index (κ1) is 13.5. The standard InChI is InChI=1S/C14H17N3O2S/c1-10-15-12(6-14(18)16-10)13-8-17(3-4-19-13)7-11-2-5-20-9-11/h2,5-6,9,13H,3-4,7-8H2,1H3,(H,15,16,18)/t13-/m0/s1. The van der Waals surface area contributed by atoms with Crippen LogP contribution in [0.15, 0.2) is 27.7 Å². The van der Waals surface area contributed by atoms with E-state index < -0.39 is 0 Å². The van der Waals surface area contributed by atoms with E-state index in [9.17, 15) is 4.79 Å². The van der Waals surface area contributed by atoms with Gasteiger partial charge in [-0.2, -0.15) is 11.3 Å². The third kappa shape index (κ3) is 3.15. The normalized spacial score (nSPS) is 20.1. The smallest absolute Gasteiger partial charge is 0.251 e. The highest BCUT2D eigenvalue weighted by molar-refractivity contribution is 7.07. The number of nitrogens with zero attached hydrogens (tertiary/aromatic N) is 2. The van der Waals surface area contributed by atoms with Gasteiger partial charge < -0.3 is 9.72 Å². The predicted octanol–water partition coefficient (Wildman–Crippen LogP) is 1.71. The number of aromatic amines is 1. The van der Waals surface area contributed by atoms with Crippen molar-refractivity contribution in [3.05, 3.63) is 50.3 Å². The number of ether oxygens (including phenoxy) is 1. The third-order valence-electron chi connectivity index (χ3n) is 3.35. The summed E-state index contributed by atoms with van der Waals surface area (Å²) in [6.45, 7) is 5.06. The topological polar surface area (TPSA) is 58.2 Å². The first-order valence-electron chi connectivity index (χ1n) is 6.63. The minimum Gasteiger partial charge on any atom is -0.369 e. The molecule has 1 saturated heterocycles. The largest absolute Gasteiger partial charge is 0.369 e. The van der Waals surface area contributed by atoms with E-state index in [1.165, 1.54) is 11.6 Å². The van der Waals surface area contributed by atoms with Crippen LogP contribution in [0.5, 0.6) is 0 Å². The average molecular weight is 291 g/mol. The summed E-state index contributed by atoms with van der Waals surface area (Å²) in [6.07, 6.45) is -0.122. The first-order valence-corrected chi connectivity index (χ1v) is 7.58. The Morgan fingerprint density at radius 3 is 3.25 bits per heavy atom. The maximum atomic E-state index is 11.5. The average Bonchev–Trinajstić information content (AvgIpc) is 2.91. The summed E-state index contributed by atoms with van der Waals surface area (Å²) in [5, 5.41) is 4.26. The van der Waals surface area contributed by atoms with Crippen LogP contribution in [-0.2, 0) is 11.3 Å². The van der Waals surface area contributed by atoms with Crippen LogP contribution >= 0.6 is 11.3 Å². The molecule has 0 saturated carbocycles. The Bertz CT molecular complexity index is 624. The molecule has 0 bridgehead atoms. The molecule has 1 aliphatic rings. The molecule has 0 aliphatic carbocycles. The van der Waals surface area contributed by atoms with E-state index in [0.717, 1.165) is 25.3 Å². The van der Waals surface area contributed by atoms with Crippen LogP contribution in [0.25, 0.3) is 0 Å². The van der Waals surface area contributed by atoms with E-state index in [-0.39, 0.29) is 11.7 Å². The van der Waals surface area contributed by atoms with Gasteiger partial charge in [-0.05, 0) is 29.3 Å². The monoisotopic (exact) mass is 291 g/mol. The molecule has 0 radical (unpaired) electrons. The van der Waals surface area contributed by atoms with Gasteiger partial charge in [0.25, 0.3) is 5.56 Å². The number of morpholine rings is 1. The van der Waals surface area contributed by atoms with Gasteiger partial charge >= 0.3 is 0 Å².